The highest BCUT2D eigenvalue weighted by Gasteiger charge is 2.22. The first-order chi connectivity index (χ1) is 16.8. The SMILES string of the molecule is Cc1ccc(-n2c(Cc3ccccc3)nnc2SC(C)C(=O)Nc2ccc(C(N)=O)cc2)c(C)c1. The number of anilines is 1. The second kappa shape index (κ2) is 10.6. The molecule has 1 aromatic heterocycles. The molecule has 0 fully saturated rings. The summed E-state index contributed by atoms with van der Waals surface area (Å²) in [5.74, 6) is 0.116. The van der Waals surface area contributed by atoms with Crippen LogP contribution < -0.4 is 11.1 Å². The molecule has 0 aliphatic heterocycles. The van der Waals surface area contributed by atoms with Gasteiger partial charge < -0.3 is 11.1 Å². The normalized spacial score (nSPS) is 11.7. The van der Waals surface area contributed by atoms with Crippen LogP contribution in [0, 0.1) is 13.8 Å². The van der Waals surface area contributed by atoms with Gasteiger partial charge in [-0.2, -0.15) is 0 Å². The van der Waals surface area contributed by atoms with E-state index >= 15 is 0 Å². The number of amides is 2. The van der Waals surface area contributed by atoms with Gasteiger partial charge in [0.1, 0.15) is 5.82 Å². The van der Waals surface area contributed by atoms with Crippen LogP contribution in [0.1, 0.15) is 39.8 Å². The minimum Gasteiger partial charge on any atom is -0.366 e. The van der Waals surface area contributed by atoms with Crippen molar-refractivity contribution in [2.24, 2.45) is 5.73 Å². The van der Waals surface area contributed by atoms with Crippen LogP contribution in [0.25, 0.3) is 5.69 Å². The van der Waals surface area contributed by atoms with E-state index in [2.05, 4.69) is 59.7 Å². The average molecular weight is 486 g/mol. The number of hydrogen-bond donors (Lipinski definition) is 2. The van der Waals surface area contributed by atoms with Gasteiger partial charge in [0.2, 0.25) is 11.8 Å². The van der Waals surface area contributed by atoms with Crippen LogP contribution in [0.5, 0.6) is 0 Å². The number of rotatable bonds is 8. The highest BCUT2D eigenvalue weighted by atomic mass is 32.2. The number of nitrogens with one attached hydrogen (secondary N) is 1. The molecule has 1 unspecified atom stereocenters. The zero-order chi connectivity index (χ0) is 24.9. The molecule has 0 aliphatic rings. The molecule has 0 bridgehead atoms. The number of carbonyl (C=O) groups is 2. The number of nitrogens with zero attached hydrogens (tertiary/aromatic N) is 3. The Labute approximate surface area is 208 Å². The van der Waals surface area contributed by atoms with Crippen molar-refractivity contribution in [3.05, 3.63) is 101 Å². The van der Waals surface area contributed by atoms with Crippen LogP contribution in [0.2, 0.25) is 0 Å². The highest BCUT2D eigenvalue weighted by Crippen LogP contribution is 2.29. The average Bonchev–Trinajstić information content (AvgIpc) is 3.21. The Morgan fingerprint density at radius 1 is 1.00 bits per heavy atom. The number of aryl methyl sites for hydroxylation is 2. The third-order valence-corrected chi connectivity index (χ3v) is 6.63. The van der Waals surface area contributed by atoms with E-state index in [1.54, 1.807) is 24.3 Å². The first kappa shape index (κ1) is 24.2. The smallest absolute Gasteiger partial charge is 0.248 e. The second-order valence-corrected chi connectivity index (χ2v) is 9.69. The molecule has 2 amide bonds. The molecular weight excluding hydrogens is 458 g/mol. The van der Waals surface area contributed by atoms with Crippen molar-refractivity contribution in [3.63, 3.8) is 0 Å². The minimum absolute atomic E-state index is 0.179. The van der Waals surface area contributed by atoms with Gasteiger partial charge in [-0.1, -0.05) is 59.8 Å². The molecule has 0 radical (unpaired) electrons. The lowest BCUT2D eigenvalue weighted by molar-refractivity contribution is -0.115. The van der Waals surface area contributed by atoms with Gasteiger partial charge in [-0.25, -0.2) is 0 Å². The Kier molecular flexibility index (Phi) is 7.31. The lowest BCUT2D eigenvalue weighted by Crippen LogP contribution is -2.23. The first-order valence-corrected chi connectivity index (χ1v) is 12.1. The minimum atomic E-state index is -0.510. The van der Waals surface area contributed by atoms with Gasteiger partial charge in [0.05, 0.1) is 10.9 Å². The summed E-state index contributed by atoms with van der Waals surface area (Å²) < 4.78 is 2.04. The Balaban J connectivity index is 1.59. The molecule has 8 heteroatoms. The monoisotopic (exact) mass is 485 g/mol. The predicted molar refractivity (Wildman–Crippen MR) is 139 cm³/mol. The summed E-state index contributed by atoms with van der Waals surface area (Å²) in [5, 5.41) is 12.0. The fraction of sp³-hybridized carbons (Fsp3) is 0.185. The van der Waals surface area contributed by atoms with E-state index in [-0.39, 0.29) is 5.91 Å². The van der Waals surface area contributed by atoms with E-state index < -0.39 is 11.2 Å². The molecule has 4 rings (SSSR count). The van der Waals surface area contributed by atoms with Gasteiger partial charge in [0.15, 0.2) is 5.16 Å². The van der Waals surface area contributed by atoms with Crippen molar-refractivity contribution < 1.29 is 9.59 Å². The van der Waals surface area contributed by atoms with Gasteiger partial charge in [-0.05, 0) is 62.2 Å². The number of hydrogen-bond acceptors (Lipinski definition) is 5. The van der Waals surface area contributed by atoms with Crippen molar-refractivity contribution in [2.75, 3.05) is 5.32 Å². The third kappa shape index (κ3) is 5.78. The van der Waals surface area contributed by atoms with Gasteiger partial charge in [0.25, 0.3) is 0 Å². The van der Waals surface area contributed by atoms with Crippen LogP contribution in [0.4, 0.5) is 5.69 Å². The first-order valence-electron chi connectivity index (χ1n) is 11.2. The number of carbonyl (C=O) groups excluding carboxylic acids is 2. The Bertz CT molecular complexity index is 1350. The Morgan fingerprint density at radius 2 is 1.71 bits per heavy atom. The van der Waals surface area contributed by atoms with Crippen molar-refractivity contribution in [3.8, 4) is 5.69 Å². The molecule has 4 aromatic rings. The number of primary amides is 1. The number of aromatic nitrogens is 3. The maximum absolute atomic E-state index is 12.9. The molecular formula is C27H27N5O2S. The van der Waals surface area contributed by atoms with Crippen LogP contribution in [0.3, 0.4) is 0 Å². The molecule has 3 N–H and O–H groups in total. The molecule has 178 valence electrons. The van der Waals surface area contributed by atoms with Crippen LogP contribution in [-0.2, 0) is 11.2 Å². The van der Waals surface area contributed by atoms with E-state index in [4.69, 9.17) is 5.73 Å². The molecule has 35 heavy (non-hydrogen) atoms. The molecule has 0 spiro atoms. The summed E-state index contributed by atoms with van der Waals surface area (Å²) >= 11 is 1.35. The van der Waals surface area contributed by atoms with E-state index in [1.165, 1.54) is 17.3 Å². The topological polar surface area (TPSA) is 103 Å². The zero-order valence-corrected chi connectivity index (χ0v) is 20.7. The summed E-state index contributed by atoms with van der Waals surface area (Å²) in [5.41, 5.74) is 10.7. The molecule has 3 aromatic carbocycles. The second-order valence-electron chi connectivity index (χ2n) is 8.38. The van der Waals surface area contributed by atoms with Crippen LogP contribution >= 0.6 is 11.8 Å². The zero-order valence-electron chi connectivity index (χ0n) is 19.9. The van der Waals surface area contributed by atoms with Crippen molar-refractivity contribution in [2.45, 2.75) is 37.6 Å². The molecule has 0 aliphatic carbocycles. The number of thioether (sulfide) groups is 1. The van der Waals surface area contributed by atoms with E-state index in [1.807, 2.05) is 29.7 Å². The largest absolute Gasteiger partial charge is 0.366 e. The maximum atomic E-state index is 12.9. The van der Waals surface area contributed by atoms with Crippen molar-refractivity contribution in [1.82, 2.24) is 14.8 Å². The van der Waals surface area contributed by atoms with Gasteiger partial charge in [-0.15, -0.1) is 10.2 Å². The fourth-order valence-corrected chi connectivity index (χ4v) is 4.62. The van der Waals surface area contributed by atoms with E-state index in [9.17, 15) is 9.59 Å². The van der Waals surface area contributed by atoms with Crippen LogP contribution in [0.15, 0.2) is 78.0 Å². The van der Waals surface area contributed by atoms with Gasteiger partial charge >= 0.3 is 0 Å². The summed E-state index contributed by atoms with van der Waals surface area (Å²) in [6.07, 6.45) is 0.620. The molecule has 1 atom stereocenters. The molecule has 0 saturated heterocycles. The van der Waals surface area contributed by atoms with Gasteiger partial charge in [0, 0.05) is 17.7 Å². The van der Waals surface area contributed by atoms with Gasteiger partial charge in [-0.3, -0.25) is 14.2 Å². The van der Waals surface area contributed by atoms with E-state index in [0.717, 1.165) is 22.6 Å². The quantitative estimate of drug-likeness (QED) is 0.352. The molecule has 1 heterocycles. The summed E-state index contributed by atoms with van der Waals surface area (Å²) in [4.78, 5) is 24.2. The number of nitrogens with two attached hydrogens (primary N) is 1. The Morgan fingerprint density at radius 3 is 2.37 bits per heavy atom. The van der Waals surface area contributed by atoms with Crippen molar-refractivity contribution in [1.29, 1.82) is 0 Å². The summed E-state index contributed by atoms with van der Waals surface area (Å²) in [7, 11) is 0. The van der Waals surface area contributed by atoms with Crippen LogP contribution in [-0.4, -0.2) is 31.8 Å². The highest BCUT2D eigenvalue weighted by molar-refractivity contribution is 8.00. The summed E-state index contributed by atoms with van der Waals surface area (Å²) in [6.45, 7) is 5.95. The fourth-order valence-electron chi connectivity index (χ4n) is 3.74. The molecule has 7 nitrogen and oxygen atoms in total. The lowest BCUT2D eigenvalue weighted by atomic mass is 10.1. The third-order valence-electron chi connectivity index (χ3n) is 5.59. The standard InChI is InChI=1S/C27H27N5O2S/c1-17-9-14-23(18(2)15-17)32-24(16-20-7-5-4-6-8-20)30-31-27(32)35-19(3)26(34)29-22-12-10-21(11-13-22)25(28)33/h4-15,19H,16H2,1-3H3,(H2,28,33)(H,29,34). The number of benzene rings is 3. The van der Waals surface area contributed by atoms with Crippen molar-refractivity contribution >= 4 is 29.3 Å². The lowest BCUT2D eigenvalue weighted by Gasteiger charge is -2.16. The van der Waals surface area contributed by atoms with E-state index in [0.29, 0.717) is 22.8 Å². The predicted octanol–water partition coefficient (Wildman–Crippen LogP) is 4.69. The summed E-state index contributed by atoms with van der Waals surface area (Å²) in [6, 6.07) is 22.9. The molecule has 0 saturated carbocycles. The Hall–Kier alpha value is -3.91. The maximum Gasteiger partial charge on any atom is 0.248 e.